The van der Waals surface area contributed by atoms with E-state index in [1.54, 1.807) is 43.1 Å². The Balaban J connectivity index is 1.79. The first-order valence-electron chi connectivity index (χ1n) is 10.7. The topological polar surface area (TPSA) is 85.6 Å². The van der Waals surface area contributed by atoms with E-state index in [4.69, 9.17) is 0 Å². The predicted molar refractivity (Wildman–Crippen MR) is 123 cm³/mol. The van der Waals surface area contributed by atoms with E-state index in [1.807, 2.05) is 44.4 Å². The maximum Gasteiger partial charge on any atom is 0.251 e. The van der Waals surface area contributed by atoms with Crippen LogP contribution in [-0.2, 0) is 0 Å². The number of carbonyl (C=O) groups is 1. The molecule has 0 saturated carbocycles. The molecule has 0 aliphatic carbocycles. The van der Waals surface area contributed by atoms with E-state index in [1.165, 1.54) is 6.07 Å². The molecule has 0 spiro atoms. The molecule has 8 heteroatoms. The Kier molecular flexibility index (Phi) is 6.26. The fourth-order valence-electron chi connectivity index (χ4n) is 3.62. The lowest BCUT2D eigenvalue weighted by atomic mass is 9.99. The van der Waals surface area contributed by atoms with E-state index < -0.39 is 0 Å². The zero-order valence-electron chi connectivity index (χ0n) is 19.0. The lowest BCUT2D eigenvalue weighted by molar-refractivity contribution is 0.0939. The monoisotopic (exact) mass is 444 g/mol. The summed E-state index contributed by atoms with van der Waals surface area (Å²) in [6.45, 7) is 7.70. The Labute approximate surface area is 191 Å². The van der Waals surface area contributed by atoms with E-state index in [0.29, 0.717) is 28.1 Å². The van der Waals surface area contributed by atoms with Crippen LogP contribution in [0.5, 0.6) is 0 Å². The Morgan fingerprint density at radius 3 is 2.61 bits per heavy atom. The molecule has 0 radical (unpaired) electrons. The van der Waals surface area contributed by atoms with E-state index in [0.717, 1.165) is 11.4 Å². The van der Waals surface area contributed by atoms with Gasteiger partial charge in [-0.3, -0.25) is 19.3 Å². The van der Waals surface area contributed by atoms with E-state index in [-0.39, 0.29) is 23.7 Å². The van der Waals surface area contributed by atoms with Crippen molar-refractivity contribution in [3.05, 3.63) is 89.8 Å². The van der Waals surface area contributed by atoms with Crippen LogP contribution in [-0.4, -0.2) is 30.6 Å². The maximum atomic E-state index is 14.8. The molecule has 4 rings (SSSR count). The number of aromatic nitrogens is 5. The number of rotatable bonds is 6. The SMILES string of the molecule is Cc1ccc(-c2cc(C(=O)N[C@@H](C)c3cnccn3)cc(-n3cnnc3C(C)C)c2)c(F)c1. The summed E-state index contributed by atoms with van der Waals surface area (Å²) in [5, 5.41) is 11.2. The van der Waals surface area contributed by atoms with Crippen LogP contribution in [0.15, 0.2) is 61.3 Å². The van der Waals surface area contributed by atoms with Crippen molar-refractivity contribution < 1.29 is 9.18 Å². The van der Waals surface area contributed by atoms with Gasteiger partial charge in [-0.2, -0.15) is 0 Å². The summed E-state index contributed by atoms with van der Waals surface area (Å²) >= 11 is 0. The molecule has 0 fully saturated rings. The van der Waals surface area contributed by atoms with Gasteiger partial charge in [0, 0.05) is 35.1 Å². The average Bonchev–Trinajstić information content (AvgIpc) is 3.30. The quantitative estimate of drug-likeness (QED) is 0.462. The second kappa shape index (κ2) is 9.28. The Hall–Kier alpha value is -3.94. The smallest absolute Gasteiger partial charge is 0.251 e. The Morgan fingerprint density at radius 1 is 1.09 bits per heavy atom. The van der Waals surface area contributed by atoms with Crippen LogP contribution in [0.1, 0.15) is 60.2 Å². The van der Waals surface area contributed by atoms with Crippen LogP contribution in [0.2, 0.25) is 0 Å². The fourth-order valence-corrected chi connectivity index (χ4v) is 3.62. The van der Waals surface area contributed by atoms with Crippen molar-refractivity contribution in [3.8, 4) is 16.8 Å². The largest absolute Gasteiger partial charge is 0.344 e. The van der Waals surface area contributed by atoms with E-state index >= 15 is 0 Å². The second-order valence-corrected chi connectivity index (χ2v) is 8.29. The third-order valence-corrected chi connectivity index (χ3v) is 5.36. The summed E-state index contributed by atoms with van der Waals surface area (Å²) in [6, 6.07) is 9.99. The zero-order valence-corrected chi connectivity index (χ0v) is 19.0. The van der Waals surface area contributed by atoms with Gasteiger partial charge in [-0.15, -0.1) is 10.2 Å². The lowest BCUT2D eigenvalue weighted by Crippen LogP contribution is -2.27. The van der Waals surface area contributed by atoms with Crippen LogP contribution in [0, 0.1) is 12.7 Å². The van der Waals surface area contributed by atoms with Crippen molar-refractivity contribution in [1.82, 2.24) is 30.0 Å². The van der Waals surface area contributed by atoms with Crippen molar-refractivity contribution in [2.45, 2.75) is 39.7 Å². The van der Waals surface area contributed by atoms with Crippen LogP contribution in [0.3, 0.4) is 0 Å². The Morgan fingerprint density at radius 2 is 1.91 bits per heavy atom. The number of carbonyl (C=O) groups excluding carboxylic acids is 1. The highest BCUT2D eigenvalue weighted by Crippen LogP contribution is 2.29. The molecular weight excluding hydrogens is 419 g/mol. The fraction of sp³-hybridized carbons (Fsp3) is 0.240. The summed E-state index contributed by atoms with van der Waals surface area (Å²) in [5.74, 6) is 0.208. The molecule has 0 saturated heterocycles. The van der Waals surface area contributed by atoms with Gasteiger partial charge in [0.1, 0.15) is 18.0 Å². The second-order valence-electron chi connectivity index (χ2n) is 8.29. The summed E-state index contributed by atoms with van der Waals surface area (Å²) < 4.78 is 16.7. The highest BCUT2D eigenvalue weighted by Gasteiger charge is 2.18. The number of nitrogens with one attached hydrogen (secondary N) is 1. The molecule has 1 N–H and O–H groups in total. The van der Waals surface area contributed by atoms with E-state index in [2.05, 4.69) is 25.5 Å². The Bertz CT molecular complexity index is 1290. The zero-order chi connectivity index (χ0) is 23.5. The van der Waals surface area contributed by atoms with E-state index in [9.17, 15) is 9.18 Å². The van der Waals surface area contributed by atoms with Gasteiger partial charge in [0.05, 0.1) is 17.9 Å². The highest BCUT2D eigenvalue weighted by molar-refractivity contribution is 5.96. The number of amides is 1. The summed E-state index contributed by atoms with van der Waals surface area (Å²) in [5.41, 5.74) is 3.54. The minimum atomic E-state index is -0.351. The maximum absolute atomic E-state index is 14.8. The minimum Gasteiger partial charge on any atom is -0.344 e. The number of nitrogens with zero attached hydrogens (tertiary/aromatic N) is 5. The molecule has 4 aromatic rings. The molecule has 1 atom stereocenters. The summed E-state index contributed by atoms with van der Waals surface area (Å²) in [4.78, 5) is 21.5. The molecule has 2 heterocycles. The highest BCUT2D eigenvalue weighted by atomic mass is 19.1. The normalized spacial score (nSPS) is 12.1. The molecule has 0 aliphatic heterocycles. The predicted octanol–water partition coefficient (Wildman–Crippen LogP) is 4.79. The third-order valence-electron chi connectivity index (χ3n) is 5.36. The number of hydrogen-bond acceptors (Lipinski definition) is 5. The molecule has 1 amide bonds. The molecule has 7 nitrogen and oxygen atoms in total. The molecule has 168 valence electrons. The first-order valence-corrected chi connectivity index (χ1v) is 10.7. The molecule has 2 aromatic carbocycles. The average molecular weight is 445 g/mol. The van der Waals surface area contributed by atoms with Gasteiger partial charge in [-0.25, -0.2) is 4.39 Å². The first kappa shape index (κ1) is 22.3. The van der Waals surface area contributed by atoms with Gasteiger partial charge in [0.25, 0.3) is 5.91 Å². The molecule has 33 heavy (non-hydrogen) atoms. The van der Waals surface area contributed by atoms with Crippen molar-refractivity contribution in [2.24, 2.45) is 0 Å². The number of aryl methyl sites for hydroxylation is 1. The molecule has 0 bridgehead atoms. The van der Waals surface area contributed by atoms with Crippen molar-refractivity contribution >= 4 is 5.91 Å². The molecule has 2 aromatic heterocycles. The van der Waals surface area contributed by atoms with Crippen LogP contribution in [0.25, 0.3) is 16.8 Å². The number of benzene rings is 2. The van der Waals surface area contributed by atoms with Gasteiger partial charge >= 0.3 is 0 Å². The van der Waals surface area contributed by atoms with Gasteiger partial charge in [0.15, 0.2) is 0 Å². The summed E-state index contributed by atoms with van der Waals surface area (Å²) in [6.07, 6.45) is 6.37. The molecular formula is C25H25FN6O. The van der Waals surface area contributed by atoms with Crippen LogP contribution >= 0.6 is 0 Å². The molecule has 0 unspecified atom stereocenters. The van der Waals surface area contributed by atoms with Crippen LogP contribution < -0.4 is 5.32 Å². The van der Waals surface area contributed by atoms with Gasteiger partial charge in [0.2, 0.25) is 0 Å². The summed E-state index contributed by atoms with van der Waals surface area (Å²) in [7, 11) is 0. The first-order chi connectivity index (χ1) is 15.8. The van der Waals surface area contributed by atoms with Gasteiger partial charge in [-0.1, -0.05) is 26.0 Å². The van der Waals surface area contributed by atoms with Crippen LogP contribution in [0.4, 0.5) is 4.39 Å². The minimum absolute atomic E-state index is 0.112. The standard InChI is InChI=1S/C25H25FN6O/c1-15(2)24-31-29-14-32(24)20-11-18(21-6-5-16(3)9-22(21)26)10-19(12-20)25(33)30-17(4)23-13-27-7-8-28-23/h5-15,17H,1-4H3,(H,30,33)/t17-/m0/s1. The van der Waals surface area contributed by atoms with Gasteiger partial charge in [-0.05, 0) is 49.2 Å². The van der Waals surface area contributed by atoms with Gasteiger partial charge < -0.3 is 5.32 Å². The van der Waals surface area contributed by atoms with Crippen molar-refractivity contribution in [3.63, 3.8) is 0 Å². The molecule has 0 aliphatic rings. The number of halogens is 1. The number of hydrogen-bond donors (Lipinski definition) is 1. The van der Waals surface area contributed by atoms with Crippen molar-refractivity contribution in [2.75, 3.05) is 0 Å². The van der Waals surface area contributed by atoms with Crippen molar-refractivity contribution in [1.29, 1.82) is 0 Å². The third kappa shape index (κ3) is 4.79. The lowest BCUT2D eigenvalue weighted by Gasteiger charge is -2.16.